The monoisotopic (exact) mass is 233 g/mol. The first-order valence-corrected chi connectivity index (χ1v) is 5.00. The molecule has 0 fully saturated rings. The molecule has 0 aliphatic carbocycles. The Morgan fingerprint density at radius 3 is 2.94 bits per heavy atom. The number of pyridine rings is 1. The van der Waals surface area contributed by atoms with Crippen molar-refractivity contribution >= 4 is 34.4 Å². The SMILES string of the molecule is O=C(O)/C=C/c1nccc2cc(Cl)ccc12. The van der Waals surface area contributed by atoms with Gasteiger partial charge >= 0.3 is 5.97 Å². The lowest BCUT2D eigenvalue weighted by Gasteiger charge is -2.01. The van der Waals surface area contributed by atoms with E-state index in [2.05, 4.69) is 4.98 Å². The van der Waals surface area contributed by atoms with Crippen LogP contribution >= 0.6 is 11.6 Å². The Hall–Kier alpha value is -1.87. The fraction of sp³-hybridized carbons (Fsp3) is 0. The van der Waals surface area contributed by atoms with Crippen molar-refractivity contribution in [2.45, 2.75) is 0 Å². The number of aromatic nitrogens is 1. The van der Waals surface area contributed by atoms with Crippen LogP contribution in [0.2, 0.25) is 5.02 Å². The first-order valence-electron chi connectivity index (χ1n) is 4.62. The van der Waals surface area contributed by atoms with E-state index in [1.54, 1.807) is 12.3 Å². The van der Waals surface area contributed by atoms with Gasteiger partial charge in [-0.3, -0.25) is 4.98 Å². The fourth-order valence-corrected chi connectivity index (χ4v) is 1.64. The summed E-state index contributed by atoms with van der Waals surface area (Å²) in [5, 5.41) is 11.0. The summed E-state index contributed by atoms with van der Waals surface area (Å²) in [5.74, 6) is -0.993. The number of aliphatic carboxylic acids is 1. The molecule has 0 radical (unpaired) electrons. The van der Waals surface area contributed by atoms with Crippen molar-refractivity contribution in [3.05, 3.63) is 47.3 Å². The van der Waals surface area contributed by atoms with E-state index in [0.29, 0.717) is 10.7 Å². The first kappa shape index (κ1) is 10.6. The van der Waals surface area contributed by atoms with Gasteiger partial charge in [-0.1, -0.05) is 17.7 Å². The van der Waals surface area contributed by atoms with Crippen molar-refractivity contribution in [1.29, 1.82) is 0 Å². The van der Waals surface area contributed by atoms with E-state index in [9.17, 15) is 4.79 Å². The van der Waals surface area contributed by atoms with Crippen LogP contribution in [0.5, 0.6) is 0 Å². The van der Waals surface area contributed by atoms with Gasteiger partial charge in [0.25, 0.3) is 0 Å². The molecule has 0 unspecified atom stereocenters. The molecule has 1 aromatic carbocycles. The molecular formula is C12H8ClNO2. The zero-order valence-electron chi connectivity index (χ0n) is 8.22. The van der Waals surface area contributed by atoms with Crippen LogP contribution in [0.15, 0.2) is 36.5 Å². The third kappa shape index (κ3) is 2.20. The molecule has 16 heavy (non-hydrogen) atoms. The number of nitrogens with zero attached hydrogens (tertiary/aromatic N) is 1. The van der Waals surface area contributed by atoms with E-state index >= 15 is 0 Å². The summed E-state index contributed by atoms with van der Waals surface area (Å²) in [7, 11) is 0. The predicted octanol–water partition coefficient (Wildman–Crippen LogP) is 2.99. The summed E-state index contributed by atoms with van der Waals surface area (Å²) in [5.41, 5.74) is 0.622. The normalized spacial score (nSPS) is 11.1. The molecule has 2 aromatic rings. The van der Waals surface area contributed by atoms with Crippen molar-refractivity contribution in [3.8, 4) is 0 Å². The highest BCUT2D eigenvalue weighted by Gasteiger charge is 2.00. The molecule has 0 saturated carbocycles. The van der Waals surface area contributed by atoms with Crippen LogP contribution in [-0.2, 0) is 4.79 Å². The second kappa shape index (κ2) is 4.33. The Bertz CT molecular complexity index is 578. The maximum absolute atomic E-state index is 10.4. The Morgan fingerprint density at radius 2 is 2.19 bits per heavy atom. The first-order chi connectivity index (χ1) is 7.66. The third-order valence-corrected chi connectivity index (χ3v) is 2.38. The summed E-state index contributed by atoms with van der Waals surface area (Å²) in [6.07, 6.45) is 4.16. The van der Waals surface area contributed by atoms with Gasteiger partial charge in [-0.05, 0) is 29.7 Å². The van der Waals surface area contributed by atoms with Gasteiger partial charge in [0, 0.05) is 22.7 Å². The van der Waals surface area contributed by atoms with Crippen molar-refractivity contribution in [1.82, 2.24) is 4.98 Å². The molecule has 1 aromatic heterocycles. The van der Waals surface area contributed by atoms with Crippen LogP contribution in [0.4, 0.5) is 0 Å². The van der Waals surface area contributed by atoms with Crippen LogP contribution in [0, 0.1) is 0 Å². The number of halogens is 1. The average Bonchev–Trinajstić information content (AvgIpc) is 2.25. The lowest BCUT2D eigenvalue weighted by Crippen LogP contribution is -1.88. The van der Waals surface area contributed by atoms with Gasteiger partial charge in [0.2, 0.25) is 0 Å². The third-order valence-electron chi connectivity index (χ3n) is 2.14. The highest BCUT2D eigenvalue weighted by molar-refractivity contribution is 6.31. The zero-order valence-corrected chi connectivity index (χ0v) is 8.98. The maximum Gasteiger partial charge on any atom is 0.328 e. The second-order valence-corrected chi connectivity index (χ2v) is 3.67. The van der Waals surface area contributed by atoms with Crippen molar-refractivity contribution in [3.63, 3.8) is 0 Å². The highest BCUT2D eigenvalue weighted by atomic mass is 35.5. The van der Waals surface area contributed by atoms with Gasteiger partial charge in [-0.25, -0.2) is 4.79 Å². The van der Waals surface area contributed by atoms with E-state index in [4.69, 9.17) is 16.7 Å². The molecule has 2 rings (SSSR count). The summed E-state index contributed by atoms with van der Waals surface area (Å²) >= 11 is 5.87. The Balaban J connectivity index is 2.58. The highest BCUT2D eigenvalue weighted by Crippen LogP contribution is 2.21. The molecule has 0 saturated heterocycles. The van der Waals surface area contributed by atoms with Gasteiger partial charge in [-0.15, -0.1) is 0 Å². The molecule has 3 nitrogen and oxygen atoms in total. The minimum atomic E-state index is -0.993. The smallest absolute Gasteiger partial charge is 0.328 e. The average molecular weight is 234 g/mol. The zero-order chi connectivity index (χ0) is 11.5. The van der Waals surface area contributed by atoms with E-state index in [1.807, 2.05) is 18.2 Å². The minimum Gasteiger partial charge on any atom is -0.478 e. The van der Waals surface area contributed by atoms with Crippen LogP contribution in [0.1, 0.15) is 5.69 Å². The number of rotatable bonds is 2. The van der Waals surface area contributed by atoms with E-state index in [1.165, 1.54) is 6.08 Å². The lowest BCUT2D eigenvalue weighted by atomic mass is 10.1. The molecule has 0 bridgehead atoms. The number of benzene rings is 1. The molecule has 0 aliphatic rings. The largest absolute Gasteiger partial charge is 0.478 e. The molecule has 0 atom stereocenters. The lowest BCUT2D eigenvalue weighted by molar-refractivity contribution is -0.131. The number of carboxylic acid groups (broad SMARTS) is 1. The van der Waals surface area contributed by atoms with Gasteiger partial charge in [-0.2, -0.15) is 0 Å². The van der Waals surface area contributed by atoms with Crippen LogP contribution < -0.4 is 0 Å². The number of carbonyl (C=O) groups is 1. The molecule has 0 spiro atoms. The summed E-state index contributed by atoms with van der Waals surface area (Å²) in [4.78, 5) is 14.5. The predicted molar refractivity (Wildman–Crippen MR) is 63.4 cm³/mol. The number of fused-ring (bicyclic) bond motifs is 1. The Morgan fingerprint density at radius 1 is 1.38 bits per heavy atom. The Labute approximate surface area is 97.0 Å². The maximum atomic E-state index is 10.4. The topological polar surface area (TPSA) is 50.2 Å². The van der Waals surface area contributed by atoms with Crippen molar-refractivity contribution in [2.24, 2.45) is 0 Å². The second-order valence-electron chi connectivity index (χ2n) is 3.23. The fourth-order valence-electron chi connectivity index (χ4n) is 1.46. The molecule has 1 N–H and O–H groups in total. The molecular weight excluding hydrogens is 226 g/mol. The van der Waals surface area contributed by atoms with Gasteiger partial charge in [0.1, 0.15) is 0 Å². The van der Waals surface area contributed by atoms with E-state index in [0.717, 1.165) is 16.8 Å². The minimum absolute atomic E-state index is 0.622. The summed E-state index contributed by atoms with van der Waals surface area (Å²) < 4.78 is 0. The van der Waals surface area contributed by atoms with Crippen molar-refractivity contribution < 1.29 is 9.90 Å². The molecule has 4 heteroatoms. The Kier molecular flexibility index (Phi) is 2.88. The molecule has 80 valence electrons. The quantitative estimate of drug-likeness (QED) is 0.812. The summed E-state index contributed by atoms with van der Waals surface area (Å²) in [6, 6.07) is 7.23. The van der Waals surface area contributed by atoms with Crippen molar-refractivity contribution in [2.75, 3.05) is 0 Å². The summed E-state index contributed by atoms with van der Waals surface area (Å²) in [6.45, 7) is 0. The van der Waals surface area contributed by atoms with Crippen LogP contribution in [0.3, 0.4) is 0 Å². The molecule has 0 aliphatic heterocycles. The van der Waals surface area contributed by atoms with Gasteiger partial charge in [0.15, 0.2) is 0 Å². The number of hydrogen-bond acceptors (Lipinski definition) is 2. The van der Waals surface area contributed by atoms with Crippen LogP contribution in [-0.4, -0.2) is 16.1 Å². The molecule has 0 amide bonds. The van der Waals surface area contributed by atoms with E-state index in [-0.39, 0.29) is 0 Å². The van der Waals surface area contributed by atoms with Gasteiger partial charge in [0.05, 0.1) is 5.69 Å². The number of carboxylic acids is 1. The van der Waals surface area contributed by atoms with E-state index < -0.39 is 5.97 Å². The number of hydrogen-bond donors (Lipinski definition) is 1. The van der Waals surface area contributed by atoms with Gasteiger partial charge < -0.3 is 5.11 Å². The molecule has 1 heterocycles. The van der Waals surface area contributed by atoms with Crippen LogP contribution in [0.25, 0.3) is 16.8 Å². The standard InChI is InChI=1S/C12H8ClNO2/c13-9-1-2-10-8(7-9)5-6-14-11(10)3-4-12(15)16/h1-7H,(H,15,16)/b4-3+.